The number of nitrogens with two attached hydrogens (primary N) is 1. The third-order valence-corrected chi connectivity index (χ3v) is 4.20. The van der Waals surface area contributed by atoms with Crippen molar-refractivity contribution < 1.29 is 9.53 Å². The molecule has 0 radical (unpaired) electrons. The van der Waals surface area contributed by atoms with Crippen molar-refractivity contribution in [2.75, 3.05) is 18.1 Å². The van der Waals surface area contributed by atoms with Crippen molar-refractivity contribution in [3.8, 4) is 5.75 Å². The minimum Gasteiger partial charge on any atom is -0.484 e. The Kier molecular flexibility index (Phi) is 5.04. The number of amides is 1. The van der Waals surface area contributed by atoms with E-state index in [2.05, 4.69) is 5.32 Å². The van der Waals surface area contributed by atoms with Gasteiger partial charge in [-0.15, -0.1) is 0 Å². The van der Waals surface area contributed by atoms with Crippen LogP contribution in [0.4, 0.5) is 0 Å². The van der Waals surface area contributed by atoms with Gasteiger partial charge in [-0.2, -0.15) is 11.8 Å². The zero-order chi connectivity index (χ0) is 13.7. The van der Waals surface area contributed by atoms with Gasteiger partial charge in [-0.1, -0.05) is 12.2 Å². The van der Waals surface area contributed by atoms with Crippen LogP contribution in [0.25, 0.3) is 0 Å². The van der Waals surface area contributed by atoms with E-state index in [1.807, 2.05) is 11.8 Å². The largest absolute Gasteiger partial charge is 0.484 e. The lowest BCUT2D eigenvalue weighted by atomic mass is 10.2. The molecule has 0 aliphatic carbocycles. The lowest BCUT2D eigenvalue weighted by Gasteiger charge is -2.12. The second kappa shape index (κ2) is 6.77. The van der Waals surface area contributed by atoms with E-state index in [0.717, 1.165) is 23.5 Å². The Balaban J connectivity index is 1.77. The Hall–Kier alpha value is -1.27. The predicted octanol–water partition coefficient (Wildman–Crippen LogP) is 1.32. The van der Waals surface area contributed by atoms with Crippen LogP contribution in [0.5, 0.6) is 5.75 Å². The van der Waals surface area contributed by atoms with Gasteiger partial charge in [-0.25, -0.2) is 0 Å². The maximum atomic E-state index is 11.7. The number of carbonyl (C=O) groups is 1. The first-order chi connectivity index (χ1) is 9.15. The molecule has 102 valence electrons. The third kappa shape index (κ3) is 4.40. The van der Waals surface area contributed by atoms with Gasteiger partial charge in [0.2, 0.25) is 0 Å². The molecule has 4 nitrogen and oxygen atoms in total. The van der Waals surface area contributed by atoms with Crippen LogP contribution in [0.3, 0.4) is 0 Å². The number of rotatable bonds is 5. The lowest BCUT2D eigenvalue weighted by molar-refractivity contribution is -0.123. The van der Waals surface area contributed by atoms with Crippen LogP contribution >= 0.6 is 24.0 Å². The molecule has 1 aromatic carbocycles. The highest BCUT2D eigenvalue weighted by Gasteiger charge is 2.17. The Bertz CT molecular complexity index is 456. The highest BCUT2D eigenvalue weighted by atomic mass is 32.2. The molecule has 1 atom stereocenters. The Morgan fingerprint density at radius 2 is 2.21 bits per heavy atom. The molecule has 1 amide bonds. The fourth-order valence-electron chi connectivity index (χ4n) is 1.78. The van der Waals surface area contributed by atoms with Crippen LogP contribution < -0.4 is 15.8 Å². The molecule has 1 fully saturated rings. The van der Waals surface area contributed by atoms with Crippen molar-refractivity contribution in [1.29, 1.82) is 0 Å². The van der Waals surface area contributed by atoms with Crippen LogP contribution in [-0.4, -0.2) is 35.1 Å². The fraction of sp³-hybridized carbons (Fsp3) is 0.385. The highest BCUT2D eigenvalue weighted by molar-refractivity contribution is 7.99. The molecule has 1 heterocycles. The first kappa shape index (κ1) is 14.1. The van der Waals surface area contributed by atoms with Crippen molar-refractivity contribution in [2.24, 2.45) is 5.73 Å². The number of thioether (sulfide) groups is 1. The monoisotopic (exact) mass is 296 g/mol. The standard InChI is InChI=1S/C13H16N2O2S2/c14-13(18)9-1-3-11(4-2-9)17-7-12(16)15-10-5-6-19-8-10/h1-4,10H,5-8H2,(H2,14,18)(H,15,16). The van der Waals surface area contributed by atoms with Gasteiger partial charge in [-0.05, 0) is 36.4 Å². The quantitative estimate of drug-likeness (QED) is 0.802. The van der Waals surface area contributed by atoms with Gasteiger partial charge in [-0.3, -0.25) is 4.79 Å². The van der Waals surface area contributed by atoms with E-state index >= 15 is 0 Å². The van der Waals surface area contributed by atoms with Crippen molar-refractivity contribution in [3.05, 3.63) is 29.8 Å². The summed E-state index contributed by atoms with van der Waals surface area (Å²) in [6, 6.07) is 7.37. The Labute approximate surface area is 122 Å². The maximum absolute atomic E-state index is 11.7. The number of hydrogen-bond donors (Lipinski definition) is 2. The van der Waals surface area contributed by atoms with E-state index in [4.69, 9.17) is 22.7 Å². The molecule has 3 N–H and O–H groups in total. The van der Waals surface area contributed by atoms with Gasteiger partial charge in [0.25, 0.3) is 5.91 Å². The summed E-state index contributed by atoms with van der Waals surface area (Å²) in [5.74, 6) is 2.67. The van der Waals surface area contributed by atoms with Crippen LogP contribution in [0.1, 0.15) is 12.0 Å². The fourth-order valence-corrected chi connectivity index (χ4v) is 3.07. The van der Waals surface area contributed by atoms with Crippen LogP contribution in [0.2, 0.25) is 0 Å². The predicted molar refractivity (Wildman–Crippen MR) is 81.7 cm³/mol. The molecule has 1 aliphatic heterocycles. The number of carbonyl (C=O) groups excluding carboxylic acids is 1. The topological polar surface area (TPSA) is 64.3 Å². The molecular formula is C13H16N2O2S2. The third-order valence-electron chi connectivity index (χ3n) is 2.80. The maximum Gasteiger partial charge on any atom is 0.258 e. The van der Waals surface area contributed by atoms with E-state index in [0.29, 0.717) is 10.7 Å². The summed E-state index contributed by atoms with van der Waals surface area (Å²) in [5, 5.41) is 2.95. The first-order valence-electron chi connectivity index (χ1n) is 6.05. The van der Waals surface area contributed by atoms with Gasteiger partial charge in [0.15, 0.2) is 6.61 Å². The molecule has 0 spiro atoms. The van der Waals surface area contributed by atoms with Gasteiger partial charge in [0.05, 0.1) is 0 Å². The minimum atomic E-state index is -0.0778. The number of thiocarbonyl (C=S) groups is 1. The molecule has 6 heteroatoms. The average Bonchev–Trinajstić information content (AvgIpc) is 2.89. The van der Waals surface area contributed by atoms with E-state index in [1.165, 1.54) is 0 Å². The Morgan fingerprint density at radius 3 is 2.79 bits per heavy atom. The summed E-state index contributed by atoms with van der Waals surface area (Å²) in [5.41, 5.74) is 6.29. The zero-order valence-corrected chi connectivity index (χ0v) is 12.1. The van der Waals surface area contributed by atoms with Crippen molar-refractivity contribution in [3.63, 3.8) is 0 Å². The summed E-state index contributed by atoms with van der Waals surface area (Å²) < 4.78 is 5.41. The summed E-state index contributed by atoms with van der Waals surface area (Å²) >= 11 is 6.73. The average molecular weight is 296 g/mol. The molecular weight excluding hydrogens is 280 g/mol. The van der Waals surface area contributed by atoms with E-state index in [1.54, 1.807) is 24.3 Å². The molecule has 1 unspecified atom stereocenters. The van der Waals surface area contributed by atoms with Gasteiger partial charge >= 0.3 is 0 Å². The lowest BCUT2D eigenvalue weighted by Crippen LogP contribution is -2.37. The van der Waals surface area contributed by atoms with Crippen LogP contribution in [-0.2, 0) is 4.79 Å². The van der Waals surface area contributed by atoms with Gasteiger partial charge < -0.3 is 15.8 Å². The van der Waals surface area contributed by atoms with Crippen LogP contribution in [0.15, 0.2) is 24.3 Å². The zero-order valence-electron chi connectivity index (χ0n) is 10.4. The van der Waals surface area contributed by atoms with E-state index < -0.39 is 0 Å². The number of benzene rings is 1. The summed E-state index contributed by atoms with van der Waals surface area (Å²) in [6.45, 7) is 0.0353. The summed E-state index contributed by atoms with van der Waals surface area (Å²) in [7, 11) is 0. The van der Waals surface area contributed by atoms with E-state index in [-0.39, 0.29) is 18.6 Å². The van der Waals surface area contributed by atoms with Gasteiger partial charge in [0.1, 0.15) is 10.7 Å². The van der Waals surface area contributed by atoms with Crippen molar-refractivity contribution >= 4 is 34.9 Å². The molecule has 0 saturated carbocycles. The first-order valence-corrected chi connectivity index (χ1v) is 7.61. The summed E-state index contributed by atoms with van der Waals surface area (Å²) in [6.07, 6.45) is 1.04. The summed E-state index contributed by atoms with van der Waals surface area (Å²) in [4.78, 5) is 12.0. The van der Waals surface area contributed by atoms with Crippen molar-refractivity contribution in [2.45, 2.75) is 12.5 Å². The van der Waals surface area contributed by atoms with Gasteiger partial charge in [0, 0.05) is 17.4 Å². The SMILES string of the molecule is NC(=S)c1ccc(OCC(=O)NC2CCSC2)cc1. The second-order valence-electron chi connectivity index (χ2n) is 4.31. The number of ether oxygens (including phenoxy) is 1. The second-order valence-corrected chi connectivity index (χ2v) is 5.89. The molecule has 1 aliphatic rings. The van der Waals surface area contributed by atoms with E-state index in [9.17, 15) is 4.79 Å². The molecule has 19 heavy (non-hydrogen) atoms. The molecule has 0 aromatic heterocycles. The smallest absolute Gasteiger partial charge is 0.258 e. The molecule has 2 rings (SSSR count). The van der Waals surface area contributed by atoms with Crippen LogP contribution in [0, 0.1) is 0 Å². The normalized spacial score (nSPS) is 18.0. The number of hydrogen-bond acceptors (Lipinski definition) is 4. The minimum absolute atomic E-state index is 0.0353. The molecule has 0 bridgehead atoms. The molecule has 1 saturated heterocycles. The highest BCUT2D eigenvalue weighted by Crippen LogP contribution is 2.17. The van der Waals surface area contributed by atoms with Crippen molar-refractivity contribution in [1.82, 2.24) is 5.32 Å². The molecule has 1 aromatic rings. The Morgan fingerprint density at radius 1 is 1.47 bits per heavy atom. The number of nitrogens with one attached hydrogen (secondary N) is 1.